The van der Waals surface area contributed by atoms with Crippen LogP contribution < -0.4 is 0 Å². The Hall–Kier alpha value is -1.07. The van der Waals surface area contributed by atoms with E-state index in [0.717, 1.165) is 29.7 Å². The van der Waals surface area contributed by atoms with Crippen molar-refractivity contribution in [1.29, 1.82) is 0 Å². The van der Waals surface area contributed by atoms with Gasteiger partial charge in [0.2, 0.25) is 0 Å². The number of aliphatic hydroxyl groups is 1. The molecular formula is C13H17NO3S. The number of hydrogen-bond acceptors (Lipinski definition) is 5. The molecule has 0 saturated heterocycles. The Bertz CT molecular complexity index is 440. The summed E-state index contributed by atoms with van der Waals surface area (Å²) in [6.45, 7) is 2.10. The summed E-state index contributed by atoms with van der Waals surface area (Å²) in [7, 11) is 1.39. The predicted molar refractivity (Wildman–Crippen MR) is 72.5 cm³/mol. The molecule has 1 N–H and O–H groups in total. The molecule has 0 radical (unpaired) electrons. The van der Waals surface area contributed by atoms with Crippen LogP contribution in [0.2, 0.25) is 0 Å². The number of ether oxygens (including phenoxy) is 1. The lowest BCUT2D eigenvalue weighted by atomic mass is 9.93. The highest BCUT2D eigenvalue weighted by Crippen LogP contribution is 2.35. The summed E-state index contributed by atoms with van der Waals surface area (Å²) in [4.78, 5) is 15.7. The van der Waals surface area contributed by atoms with Gasteiger partial charge in [-0.3, -0.25) is 9.79 Å². The van der Waals surface area contributed by atoms with Crippen molar-refractivity contribution in [2.75, 3.05) is 7.11 Å². The van der Waals surface area contributed by atoms with E-state index < -0.39 is 6.23 Å². The van der Waals surface area contributed by atoms with Crippen molar-refractivity contribution in [1.82, 2.24) is 0 Å². The van der Waals surface area contributed by atoms with Crippen LogP contribution in [-0.4, -0.2) is 35.4 Å². The molecule has 0 aromatic carbocycles. The van der Waals surface area contributed by atoms with Gasteiger partial charge in [0, 0.05) is 17.7 Å². The maximum atomic E-state index is 11.5. The molecule has 0 aliphatic carbocycles. The van der Waals surface area contributed by atoms with Crippen LogP contribution in [-0.2, 0) is 9.53 Å². The Morgan fingerprint density at radius 1 is 1.67 bits per heavy atom. The van der Waals surface area contributed by atoms with E-state index in [4.69, 9.17) is 4.74 Å². The molecule has 2 heterocycles. The van der Waals surface area contributed by atoms with Crippen molar-refractivity contribution in [2.24, 2.45) is 4.99 Å². The molecule has 2 rings (SSSR count). The molecule has 2 aliphatic rings. The van der Waals surface area contributed by atoms with Crippen molar-refractivity contribution in [3.63, 3.8) is 0 Å². The number of thioether (sulfide) groups is 1. The second-order valence-corrected chi connectivity index (χ2v) is 5.39. The van der Waals surface area contributed by atoms with Crippen LogP contribution >= 0.6 is 11.8 Å². The number of carbonyl (C=O) groups is 1. The zero-order valence-electron chi connectivity index (χ0n) is 10.5. The van der Waals surface area contributed by atoms with E-state index in [1.54, 1.807) is 6.08 Å². The van der Waals surface area contributed by atoms with Gasteiger partial charge in [-0.25, -0.2) is 0 Å². The molecule has 4 nitrogen and oxygen atoms in total. The summed E-state index contributed by atoms with van der Waals surface area (Å²) in [5.41, 5.74) is 3.03. The van der Waals surface area contributed by atoms with Gasteiger partial charge >= 0.3 is 5.97 Å². The first-order valence-corrected chi connectivity index (χ1v) is 6.99. The lowest BCUT2D eigenvalue weighted by Crippen LogP contribution is -2.28. The van der Waals surface area contributed by atoms with E-state index in [1.165, 1.54) is 18.9 Å². The van der Waals surface area contributed by atoms with Gasteiger partial charge in [-0.1, -0.05) is 13.3 Å². The summed E-state index contributed by atoms with van der Waals surface area (Å²) < 4.78 is 4.75. The van der Waals surface area contributed by atoms with Crippen molar-refractivity contribution >= 4 is 23.4 Å². The first-order chi connectivity index (χ1) is 8.65. The highest BCUT2D eigenvalue weighted by Gasteiger charge is 2.30. The largest absolute Gasteiger partial charge is 0.468 e. The molecule has 0 aromatic heterocycles. The molecular weight excluding hydrogens is 250 g/mol. The van der Waals surface area contributed by atoms with E-state index in [9.17, 15) is 9.90 Å². The second-order valence-electron chi connectivity index (χ2n) is 4.31. The standard InChI is InChI=1S/C13H17NO3S/c1-3-4-8-5-12(15)14-10-6-11(13(16)17-2)18-7-9(8)10/h5,7,11-12,15H,3-4,6H2,1-2H3. The Morgan fingerprint density at radius 3 is 3.11 bits per heavy atom. The molecule has 2 unspecified atom stereocenters. The Labute approximate surface area is 111 Å². The fourth-order valence-electron chi connectivity index (χ4n) is 2.16. The van der Waals surface area contributed by atoms with Gasteiger partial charge in [0.15, 0.2) is 6.23 Å². The molecule has 0 bridgehead atoms. The van der Waals surface area contributed by atoms with Gasteiger partial charge in [-0.15, -0.1) is 11.8 Å². The number of dihydropyridines is 1. The van der Waals surface area contributed by atoms with Crippen molar-refractivity contribution in [3.8, 4) is 0 Å². The summed E-state index contributed by atoms with van der Waals surface area (Å²) in [6.07, 6.45) is 3.48. The van der Waals surface area contributed by atoms with E-state index in [2.05, 4.69) is 11.9 Å². The molecule has 2 aliphatic heterocycles. The highest BCUT2D eigenvalue weighted by atomic mass is 32.2. The SMILES string of the molecule is CCCC1=CC(O)N=C2CC(C(=O)OC)SC=C12. The van der Waals surface area contributed by atoms with Crippen LogP contribution in [0.25, 0.3) is 0 Å². The number of fused-ring (bicyclic) bond motifs is 1. The lowest BCUT2D eigenvalue weighted by Gasteiger charge is -2.26. The predicted octanol–water partition coefficient (Wildman–Crippen LogP) is 2.05. The molecule has 0 fully saturated rings. The normalized spacial score (nSPS) is 26.7. The average Bonchev–Trinajstić information content (AvgIpc) is 2.37. The molecule has 0 amide bonds. The van der Waals surface area contributed by atoms with Gasteiger partial charge in [0.05, 0.1) is 7.11 Å². The highest BCUT2D eigenvalue weighted by molar-refractivity contribution is 8.03. The van der Waals surface area contributed by atoms with Gasteiger partial charge in [-0.2, -0.15) is 0 Å². The van der Waals surface area contributed by atoms with Crippen molar-refractivity contribution < 1.29 is 14.6 Å². The van der Waals surface area contributed by atoms with Crippen LogP contribution in [0.4, 0.5) is 0 Å². The zero-order valence-corrected chi connectivity index (χ0v) is 11.4. The molecule has 18 heavy (non-hydrogen) atoms. The number of hydrogen-bond donors (Lipinski definition) is 1. The number of allylic oxidation sites excluding steroid dienone is 2. The second kappa shape index (κ2) is 5.71. The summed E-state index contributed by atoms with van der Waals surface area (Å²) in [5, 5.41) is 11.4. The van der Waals surface area contributed by atoms with Gasteiger partial charge in [-0.05, 0) is 23.5 Å². The van der Waals surface area contributed by atoms with Crippen LogP contribution in [0.3, 0.4) is 0 Å². The first kappa shape index (κ1) is 13.4. The Kier molecular flexibility index (Phi) is 4.24. The topological polar surface area (TPSA) is 58.9 Å². The number of rotatable bonds is 3. The number of esters is 1. The van der Waals surface area contributed by atoms with E-state index in [1.807, 2.05) is 5.41 Å². The van der Waals surface area contributed by atoms with Crippen molar-refractivity contribution in [2.45, 2.75) is 37.7 Å². The maximum absolute atomic E-state index is 11.5. The van der Waals surface area contributed by atoms with Crippen LogP contribution in [0.5, 0.6) is 0 Å². The van der Waals surface area contributed by atoms with E-state index >= 15 is 0 Å². The first-order valence-electron chi connectivity index (χ1n) is 6.05. The van der Waals surface area contributed by atoms with Crippen LogP contribution in [0.1, 0.15) is 26.2 Å². The summed E-state index contributed by atoms with van der Waals surface area (Å²) in [5.74, 6) is -0.237. The third-order valence-corrected chi connectivity index (χ3v) is 4.07. The van der Waals surface area contributed by atoms with Gasteiger partial charge in [0.1, 0.15) is 5.25 Å². The smallest absolute Gasteiger partial charge is 0.319 e. The number of aliphatic imine (C=N–C) groups is 1. The molecule has 2 atom stereocenters. The minimum atomic E-state index is -0.778. The fourth-order valence-corrected chi connectivity index (χ4v) is 3.21. The monoisotopic (exact) mass is 267 g/mol. The third-order valence-electron chi connectivity index (χ3n) is 3.01. The number of methoxy groups -OCH3 is 1. The summed E-state index contributed by atoms with van der Waals surface area (Å²) in [6, 6.07) is 0. The number of nitrogens with zero attached hydrogens (tertiary/aromatic N) is 1. The third kappa shape index (κ3) is 2.67. The minimum Gasteiger partial charge on any atom is -0.468 e. The minimum absolute atomic E-state index is 0.237. The Morgan fingerprint density at radius 2 is 2.44 bits per heavy atom. The Balaban J connectivity index is 2.22. The zero-order chi connectivity index (χ0) is 13.1. The van der Waals surface area contributed by atoms with Crippen LogP contribution in [0, 0.1) is 0 Å². The molecule has 0 aromatic rings. The van der Waals surface area contributed by atoms with Crippen LogP contribution in [0.15, 0.2) is 27.6 Å². The van der Waals surface area contributed by atoms with Gasteiger partial charge in [0.25, 0.3) is 0 Å². The number of aliphatic hydroxyl groups excluding tert-OH is 1. The lowest BCUT2D eigenvalue weighted by molar-refractivity contribution is -0.139. The fraction of sp³-hybridized carbons (Fsp3) is 0.538. The number of carbonyl (C=O) groups excluding carboxylic acids is 1. The quantitative estimate of drug-likeness (QED) is 0.795. The molecule has 5 heteroatoms. The summed E-state index contributed by atoms with van der Waals surface area (Å²) >= 11 is 1.47. The maximum Gasteiger partial charge on any atom is 0.319 e. The van der Waals surface area contributed by atoms with Crippen molar-refractivity contribution in [3.05, 3.63) is 22.6 Å². The van der Waals surface area contributed by atoms with Gasteiger partial charge < -0.3 is 9.84 Å². The molecule has 0 saturated carbocycles. The van der Waals surface area contributed by atoms with E-state index in [0.29, 0.717) is 6.42 Å². The van der Waals surface area contributed by atoms with E-state index in [-0.39, 0.29) is 11.2 Å². The average molecular weight is 267 g/mol. The molecule has 0 spiro atoms. The molecule has 98 valence electrons.